The molecule has 118 valence electrons. The Morgan fingerprint density at radius 3 is 2.96 bits per heavy atom. The van der Waals surface area contributed by atoms with Gasteiger partial charge in [-0.25, -0.2) is 4.39 Å². The molecule has 0 bridgehead atoms. The number of benzene rings is 1. The van der Waals surface area contributed by atoms with Crippen molar-refractivity contribution in [2.45, 2.75) is 19.4 Å². The number of nitrogens with zero attached hydrogens (tertiary/aromatic N) is 3. The SMILES string of the molecule is CCN(C(=O)C1CC(c2cccc(F)c2)=NO1)c1cccnc1. The lowest BCUT2D eigenvalue weighted by Gasteiger charge is -2.22. The highest BCUT2D eigenvalue weighted by Crippen LogP contribution is 2.21. The fourth-order valence-electron chi connectivity index (χ4n) is 2.50. The molecular weight excluding hydrogens is 297 g/mol. The summed E-state index contributed by atoms with van der Waals surface area (Å²) in [5, 5.41) is 3.95. The van der Waals surface area contributed by atoms with Crippen molar-refractivity contribution in [2.75, 3.05) is 11.4 Å². The predicted molar refractivity (Wildman–Crippen MR) is 84.7 cm³/mol. The van der Waals surface area contributed by atoms with E-state index in [9.17, 15) is 9.18 Å². The number of aromatic nitrogens is 1. The minimum absolute atomic E-state index is 0.185. The van der Waals surface area contributed by atoms with Crippen molar-refractivity contribution >= 4 is 17.3 Å². The summed E-state index contributed by atoms with van der Waals surface area (Å²) in [6, 6.07) is 9.69. The Morgan fingerprint density at radius 1 is 1.39 bits per heavy atom. The number of pyridine rings is 1. The normalized spacial score (nSPS) is 16.6. The van der Waals surface area contributed by atoms with Crippen molar-refractivity contribution in [3.63, 3.8) is 0 Å². The highest BCUT2D eigenvalue weighted by molar-refractivity contribution is 6.06. The van der Waals surface area contributed by atoms with Crippen LogP contribution in [0, 0.1) is 5.82 Å². The molecule has 2 heterocycles. The van der Waals surface area contributed by atoms with E-state index in [0.717, 1.165) is 0 Å². The average molecular weight is 313 g/mol. The molecule has 1 aliphatic heterocycles. The Morgan fingerprint density at radius 2 is 2.26 bits per heavy atom. The van der Waals surface area contributed by atoms with E-state index in [4.69, 9.17) is 4.84 Å². The first-order valence-corrected chi connectivity index (χ1v) is 7.39. The van der Waals surface area contributed by atoms with Gasteiger partial charge < -0.3 is 9.74 Å². The number of rotatable bonds is 4. The van der Waals surface area contributed by atoms with Gasteiger partial charge in [0.1, 0.15) is 5.82 Å². The lowest BCUT2D eigenvalue weighted by Crippen LogP contribution is -2.39. The Labute approximate surface area is 133 Å². The van der Waals surface area contributed by atoms with Gasteiger partial charge in [0.25, 0.3) is 5.91 Å². The number of amides is 1. The maximum Gasteiger partial charge on any atom is 0.271 e. The van der Waals surface area contributed by atoms with Crippen molar-refractivity contribution in [1.29, 1.82) is 0 Å². The number of hydrogen-bond acceptors (Lipinski definition) is 4. The maximum atomic E-state index is 13.3. The first-order chi connectivity index (χ1) is 11.2. The van der Waals surface area contributed by atoms with Crippen LogP contribution in [0.4, 0.5) is 10.1 Å². The molecule has 0 saturated carbocycles. The summed E-state index contributed by atoms with van der Waals surface area (Å²) in [6.45, 7) is 2.38. The molecule has 2 aromatic rings. The van der Waals surface area contributed by atoms with Crippen LogP contribution in [0.2, 0.25) is 0 Å². The Kier molecular flexibility index (Phi) is 4.32. The summed E-state index contributed by atoms with van der Waals surface area (Å²) >= 11 is 0. The quantitative estimate of drug-likeness (QED) is 0.872. The molecule has 6 heteroatoms. The molecule has 1 aliphatic rings. The maximum absolute atomic E-state index is 13.3. The lowest BCUT2D eigenvalue weighted by molar-refractivity contribution is -0.128. The number of carbonyl (C=O) groups is 1. The third-order valence-electron chi connectivity index (χ3n) is 3.64. The minimum atomic E-state index is -0.701. The van der Waals surface area contributed by atoms with E-state index in [2.05, 4.69) is 10.1 Å². The molecule has 1 unspecified atom stereocenters. The molecule has 1 atom stereocenters. The zero-order chi connectivity index (χ0) is 16.2. The smallest absolute Gasteiger partial charge is 0.271 e. The number of oxime groups is 1. The van der Waals surface area contributed by atoms with Gasteiger partial charge in [-0.2, -0.15) is 0 Å². The third kappa shape index (κ3) is 3.21. The number of halogens is 1. The molecule has 1 amide bonds. The summed E-state index contributed by atoms with van der Waals surface area (Å²) in [4.78, 5) is 23.6. The second-order valence-electron chi connectivity index (χ2n) is 5.14. The third-order valence-corrected chi connectivity index (χ3v) is 3.64. The molecule has 0 spiro atoms. The topological polar surface area (TPSA) is 54.8 Å². The molecule has 1 aromatic carbocycles. The number of carbonyl (C=O) groups excluding carboxylic acids is 1. The highest BCUT2D eigenvalue weighted by atomic mass is 19.1. The van der Waals surface area contributed by atoms with Gasteiger partial charge in [0, 0.05) is 24.7 Å². The van der Waals surface area contributed by atoms with E-state index in [1.165, 1.54) is 12.1 Å². The van der Waals surface area contributed by atoms with Crippen molar-refractivity contribution in [1.82, 2.24) is 4.98 Å². The van der Waals surface area contributed by atoms with Gasteiger partial charge in [0.15, 0.2) is 0 Å². The summed E-state index contributed by atoms with van der Waals surface area (Å²) in [7, 11) is 0. The van der Waals surface area contributed by atoms with Gasteiger partial charge in [-0.15, -0.1) is 0 Å². The molecule has 0 N–H and O–H groups in total. The van der Waals surface area contributed by atoms with Crippen LogP contribution in [0.1, 0.15) is 18.9 Å². The fraction of sp³-hybridized carbons (Fsp3) is 0.235. The van der Waals surface area contributed by atoms with Gasteiger partial charge in [-0.05, 0) is 31.2 Å². The van der Waals surface area contributed by atoms with Gasteiger partial charge in [-0.1, -0.05) is 17.3 Å². The van der Waals surface area contributed by atoms with Crippen LogP contribution >= 0.6 is 0 Å². The van der Waals surface area contributed by atoms with E-state index < -0.39 is 6.10 Å². The molecule has 3 rings (SSSR count). The van der Waals surface area contributed by atoms with Crippen LogP contribution in [0.25, 0.3) is 0 Å². The van der Waals surface area contributed by atoms with Crippen LogP contribution in [0.3, 0.4) is 0 Å². The van der Waals surface area contributed by atoms with Gasteiger partial charge in [-0.3, -0.25) is 9.78 Å². The summed E-state index contributed by atoms with van der Waals surface area (Å²) in [5.74, 6) is -0.527. The van der Waals surface area contributed by atoms with E-state index in [1.807, 2.05) is 13.0 Å². The monoisotopic (exact) mass is 313 g/mol. The number of hydrogen-bond donors (Lipinski definition) is 0. The summed E-state index contributed by atoms with van der Waals surface area (Å²) in [6.07, 6.45) is 2.90. The van der Waals surface area contributed by atoms with Crippen LogP contribution in [-0.2, 0) is 9.63 Å². The van der Waals surface area contributed by atoms with Gasteiger partial charge in [0.05, 0.1) is 17.6 Å². The molecule has 1 aromatic heterocycles. The molecule has 0 aliphatic carbocycles. The van der Waals surface area contributed by atoms with Crippen LogP contribution in [-0.4, -0.2) is 29.3 Å². The standard InChI is InChI=1S/C17H16FN3O2/c1-2-21(14-7-4-8-19-11-14)17(22)16-10-15(20-23-16)12-5-3-6-13(18)9-12/h3-9,11,16H,2,10H2,1H3. The molecule has 0 saturated heterocycles. The van der Waals surface area contributed by atoms with E-state index in [-0.39, 0.29) is 11.7 Å². The Hall–Kier alpha value is -2.76. The Balaban J connectivity index is 1.73. The van der Waals surface area contributed by atoms with Crippen molar-refractivity contribution in [2.24, 2.45) is 5.16 Å². The van der Waals surface area contributed by atoms with Crippen LogP contribution in [0.5, 0.6) is 0 Å². The van der Waals surface area contributed by atoms with E-state index >= 15 is 0 Å². The van der Waals surface area contributed by atoms with Crippen molar-refractivity contribution in [3.05, 3.63) is 60.2 Å². The Bertz CT molecular complexity index is 734. The highest BCUT2D eigenvalue weighted by Gasteiger charge is 2.32. The van der Waals surface area contributed by atoms with Crippen molar-refractivity contribution in [3.8, 4) is 0 Å². The largest absolute Gasteiger partial charge is 0.382 e. The van der Waals surface area contributed by atoms with Gasteiger partial charge >= 0.3 is 0 Å². The number of anilines is 1. The zero-order valence-electron chi connectivity index (χ0n) is 12.6. The number of likely N-dealkylation sites (N-methyl/N-ethyl adjacent to an activating group) is 1. The van der Waals surface area contributed by atoms with Crippen LogP contribution < -0.4 is 4.90 Å². The molecule has 23 heavy (non-hydrogen) atoms. The molecule has 5 nitrogen and oxygen atoms in total. The predicted octanol–water partition coefficient (Wildman–Crippen LogP) is 2.77. The fourth-order valence-corrected chi connectivity index (χ4v) is 2.50. The summed E-state index contributed by atoms with van der Waals surface area (Å²) in [5.41, 5.74) is 1.91. The zero-order valence-corrected chi connectivity index (χ0v) is 12.6. The molecule has 0 fully saturated rings. The van der Waals surface area contributed by atoms with Crippen LogP contribution in [0.15, 0.2) is 53.9 Å². The molecule has 0 radical (unpaired) electrons. The molecular formula is C17H16FN3O2. The van der Waals surface area contributed by atoms with Crippen molar-refractivity contribution < 1.29 is 14.0 Å². The van der Waals surface area contributed by atoms with Gasteiger partial charge in [0.2, 0.25) is 6.10 Å². The minimum Gasteiger partial charge on any atom is -0.382 e. The second-order valence-corrected chi connectivity index (χ2v) is 5.14. The first-order valence-electron chi connectivity index (χ1n) is 7.39. The average Bonchev–Trinajstić information content (AvgIpc) is 3.06. The first kappa shape index (κ1) is 15.1. The lowest BCUT2D eigenvalue weighted by atomic mass is 10.0. The summed E-state index contributed by atoms with van der Waals surface area (Å²) < 4.78 is 13.3. The van der Waals surface area contributed by atoms with E-state index in [1.54, 1.807) is 35.5 Å². The van der Waals surface area contributed by atoms with E-state index in [0.29, 0.717) is 29.9 Å². The second kappa shape index (κ2) is 6.56.